The van der Waals surface area contributed by atoms with Crippen LogP contribution in [0.15, 0.2) is 17.1 Å². The first kappa shape index (κ1) is 11.6. The van der Waals surface area contributed by atoms with Crippen LogP contribution in [0.4, 0.5) is 4.79 Å². The SMILES string of the molecule is Cc1ccnn([C@@H]2CCCN(C(=O)O)C2)c1=O. The summed E-state index contributed by atoms with van der Waals surface area (Å²) in [6.07, 6.45) is 2.20. The Morgan fingerprint density at radius 3 is 3.06 bits per heavy atom. The molecule has 2 rings (SSSR count). The van der Waals surface area contributed by atoms with Gasteiger partial charge in [-0.3, -0.25) is 4.79 Å². The number of likely N-dealkylation sites (tertiary alicyclic amines) is 1. The fraction of sp³-hybridized carbons (Fsp3) is 0.545. The van der Waals surface area contributed by atoms with Crippen molar-refractivity contribution in [2.75, 3.05) is 13.1 Å². The first-order chi connectivity index (χ1) is 8.09. The molecule has 6 heteroatoms. The Morgan fingerprint density at radius 2 is 2.35 bits per heavy atom. The van der Waals surface area contributed by atoms with Crippen molar-refractivity contribution >= 4 is 6.09 Å². The van der Waals surface area contributed by atoms with Gasteiger partial charge < -0.3 is 10.0 Å². The predicted molar refractivity (Wildman–Crippen MR) is 61.1 cm³/mol. The molecule has 0 aliphatic carbocycles. The van der Waals surface area contributed by atoms with Crippen LogP contribution in [-0.4, -0.2) is 39.0 Å². The van der Waals surface area contributed by atoms with Crippen molar-refractivity contribution in [2.45, 2.75) is 25.8 Å². The molecular formula is C11H15N3O3. The lowest BCUT2D eigenvalue weighted by atomic mass is 10.1. The average molecular weight is 237 g/mol. The zero-order valence-corrected chi connectivity index (χ0v) is 9.67. The minimum Gasteiger partial charge on any atom is -0.465 e. The Bertz CT molecular complexity index is 483. The molecule has 1 N–H and O–H groups in total. The summed E-state index contributed by atoms with van der Waals surface area (Å²) in [5, 5.41) is 13.0. The Kier molecular flexibility index (Phi) is 3.12. The molecule has 0 unspecified atom stereocenters. The van der Waals surface area contributed by atoms with Crippen LogP contribution in [0.3, 0.4) is 0 Å². The lowest BCUT2D eigenvalue weighted by molar-refractivity contribution is 0.118. The molecule has 0 aromatic carbocycles. The molecule has 0 radical (unpaired) electrons. The number of nitrogens with zero attached hydrogens (tertiary/aromatic N) is 3. The van der Waals surface area contributed by atoms with Crippen LogP contribution >= 0.6 is 0 Å². The maximum atomic E-state index is 11.9. The Balaban J connectivity index is 2.25. The number of piperidine rings is 1. The van der Waals surface area contributed by atoms with Crippen LogP contribution in [0.25, 0.3) is 0 Å². The first-order valence-corrected chi connectivity index (χ1v) is 5.62. The second-order valence-electron chi connectivity index (χ2n) is 4.29. The van der Waals surface area contributed by atoms with Crippen LogP contribution in [0.5, 0.6) is 0 Å². The molecule has 1 fully saturated rings. The normalized spacial score (nSPS) is 20.3. The summed E-state index contributed by atoms with van der Waals surface area (Å²) in [7, 11) is 0. The molecule has 1 aromatic heterocycles. The van der Waals surface area contributed by atoms with E-state index in [1.54, 1.807) is 19.2 Å². The summed E-state index contributed by atoms with van der Waals surface area (Å²) in [5.74, 6) is 0. The summed E-state index contributed by atoms with van der Waals surface area (Å²) in [6, 6.07) is 1.52. The molecule has 1 amide bonds. The quantitative estimate of drug-likeness (QED) is 0.786. The number of hydrogen-bond donors (Lipinski definition) is 1. The minimum atomic E-state index is -0.935. The van der Waals surface area contributed by atoms with Gasteiger partial charge in [0.1, 0.15) is 0 Å². The second-order valence-corrected chi connectivity index (χ2v) is 4.29. The molecule has 17 heavy (non-hydrogen) atoms. The van der Waals surface area contributed by atoms with Crippen LogP contribution in [0, 0.1) is 6.92 Å². The summed E-state index contributed by atoms with van der Waals surface area (Å²) in [4.78, 5) is 24.1. The predicted octanol–water partition coefficient (Wildman–Crippen LogP) is 0.867. The van der Waals surface area contributed by atoms with Crippen molar-refractivity contribution in [3.63, 3.8) is 0 Å². The molecule has 1 atom stereocenters. The molecule has 6 nitrogen and oxygen atoms in total. The monoisotopic (exact) mass is 237 g/mol. The van der Waals surface area contributed by atoms with Crippen LogP contribution in [-0.2, 0) is 0 Å². The van der Waals surface area contributed by atoms with Gasteiger partial charge in [0, 0.05) is 24.8 Å². The van der Waals surface area contributed by atoms with Crippen LogP contribution in [0.2, 0.25) is 0 Å². The third kappa shape index (κ3) is 2.30. The summed E-state index contributed by atoms with van der Waals surface area (Å²) < 4.78 is 1.41. The maximum absolute atomic E-state index is 11.9. The van der Waals surface area contributed by atoms with E-state index in [4.69, 9.17) is 5.11 Å². The molecule has 0 bridgehead atoms. The van der Waals surface area contributed by atoms with Crippen molar-refractivity contribution in [3.8, 4) is 0 Å². The molecule has 1 aliphatic rings. The highest BCUT2D eigenvalue weighted by atomic mass is 16.4. The van der Waals surface area contributed by atoms with E-state index in [9.17, 15) is 9.59 Å². The van der Waals surface area contributed by atoms with Gasteiger partial charge in [-0.15, -0.1) is 0 Å². The number of hydrogen-bond acceptors (Lipinski definition) is 3. The summed E-state index contributed by atoms with van der Waals surface area (Å²) in [6.45, 7) is 2.61. The molecule has 0 saturated carbocycles. The van der Waals surface area contributed by atoms with E-state index in [1.807, 2.05) is 0 Å². The van der Waals surface area contributed by atoms with Gasteiger partial charge in [0.25, 0.3) is 5.56 Å². The minimum absolute atomic E-state index is 0.135. The third-order valence-electron chi connectivity index (χ3n) is 3.07. The second kappa shape index (κ2) is 4.57. The Morgan fingerprint density at radius 1 is 1.59 bits per heavy atom. The smallest absolute Gasteiger partial charge is 0.407 e. The number of aromatic nitrogens is 2. The zero-order chi connectivity index (χ0) is 12.4. The van der Waals surface area contributed by atoms with Gasteiger partial charge in [0.05, 0.1) is 6.04 Å². The van der Waals surface area contributed by atoms with Gasteiger partial charge in [0.2, 0.25) is 0 Å². The van der Waals surface area contributed by atoms with Gasteiger partial charge in [-0.1, -0.05) is 0 Å². The largest absolute Gasteiger partial charge is 0.465 e. The lowest BCUT2D eigenvalue weighted by Gasteiger charge is -2.30. The van der Waals surface area contributed by atoms with E-state index >= 15 is 0 Å². The molecular weight excluding hydrogens is 222 g/mol. The molecule has 1 saturated heterocycles. The molecule has 0 spiro atoms. The topological polar surface area (TPSA) is 75.4 Å². The fourth-order valence-corrected chi connectivity index (χ4v) is 2.11. The van der Waals surface area contributed by atoms with E-state index in [0.717, 1.165) is 12.8 Å². The van der Waals surface area contributed by atoms with Crippen molar-refractivity contribution in [1.29, 1.82) is 0 Å². The fourth-order valence-electron chi connectivity index (χ4n) is 2.11. The number of carboxylic acid groups (broad SMARTS) is 1. The molecule has 1 aliphatic heterocycles. The summed E-state index contributed by atoms with van der Waals surface area (Å²) >= 11 is 0. The van der Waals surface area contributed by atoms with Crippen molar-refractivity contribution < 1.29 is 9.90 Å². The van der Waals surface area contributed by atoms with E-state index in [-0.39, 0.29) is 11.6 Å². The highest BCUT2D eigenvalue weighted by molar-refractivity contribution is 5.65. The Labute approximate surface area is 98.5 Å². The zero-order valence-electron chi connectivity index (χ0n) is 9.67. The highest BCUT2D eigenvalue weighted by Gasteiger charge is 2.25. The van der Waals surface area contributed by atoms with E-state index in [0.29, 0.717) is 18.7 Å². The van der Waals surface area contributed by atoms with Gasteiger partial charge in [-0.05, 0) is 25.8 Å². The lowest BCUT2D eigenvalue weighted by Crippen LogP contribution is -2.43. The molecule has 2 heterocycles. The van der Waals surface area contributed by atoms with Crippen molar-refractivity contribution in [3.05, 3.63) is 28.2 Å². The Hall–Kier alpha value is -1.85. The average Bonchev–Trinajstić information content (AvgIpc) is 2.33. The first-order valence-electron chi connectivity index (χ1n) is 5.62. The number of amides is 1. The standard InChI is InChI=1S/C11H15N3O3/c1-8-4-5-12-14(10(8)15)9-3-2-6-13(7-9)11(16)17/h4-5,9H,2-3,6-7H2,1H3,(H,16,17)/t9-/m1/s1. The van der Waals surface area contributed by atoms with Crippen LogP contribution in [0.1, 0.15) is 24.4 Å². The van der Waals surface area contributed by atoms with Crippen LogP contribution < -0.4 is 5.56 Å². The molecule has 1 aromatic rings. The van der Waals surface area contributed by atoms with Gasteiger partial charge in [0.15, 0.2) is 0 Å². The maximum Gasteiger partial charge on any atom is 0.407 e. The third-order valence-corrected chi connectivity index (χ3v) is 3.07. The van der Waals surface area contributed by atoms with Crippen molar-refractivity contribution in [1.82, 2.24) is 14.7 Å². The number of aryl methyl sites for hydroxylation is 1. The van der Waals surface area contributed by atoms with Crippen molar-refractivity contribution in [2.24, 2.45) is 0 Å². The summed E-state index contributed by atoms with van der Waals surface area (Å²) in [5.41, 5.74) is 0.497. The van der Waals surface area contributed by atoms with E-state index < -0.39 is 6.09 Å². The van der Waals surface area contributed by atoms with Gasteiger partial charge >= 0.3 is 6.09 Å². The van der Waals surface area contributed by atoms with E-state index in [2.05, 4.69) is 5.10 Å². The number of rotatable bonds is 1. The van der Waals surface area contributed by atoms with Gasteiger partial charge in [-0.2, -0.15) is 5.10 Å². The molecule has 92 valence electrons. The highest BCUT2D eigenvalue weighted by Crippen LogP contribution is 2.19. The van der Waals surface area contributed by atoms with Gasteiger partial charge in [-0.25, -0.2) is 9.48 Å². The van der Waals surface area contributed by atoms with E-state index in [1.165, 1.54) is 9.58 Å². The number of carbonyl (C=O) groups is 1.